The number of piperidine rings is 1. The second-order valence-electron chi connectivity index (χ2n) is 10.6. The SMILES string of the molecule is CCOC(=O)CC1c2sc3nnc(-c4ccccc4)c(-c4ccccc4)c3c2N=C(N2CCCCC2)N1C(C)C. The van der Waals surface area contributed by atoms with Crippen LogP contribution in [0.4, 0.5) is 5.69 Å². The molecule has 0 N–H and O–H groups in total. The molecule has 1 atom stereocenters. The van der Waals surface area contributed by atoms with Crippen molar-refractivity contribution in [1.82, 2.24) is 20.0 Å². The van der Waals surface area contributed by atoms with Crippen molar-refractivity contribution >= 4 is 39.2 Å². The predicted molar refractivity (Wildman–Crippen MR) is 162 cm³/mol. The lowest BCUT2D eigenvalue weighted by atomic mass is 9.95. The summed E-state index contributed by atoms with van der Waals surface area (Å²) in [7, 11) is 0. The minimum absolute atomic E-state index is 0.151. The molecule has 4 heterocycles. The summed E-state index contributed by atoms with van der Waals surface area (Å²) in [4.78, 5) is 25.1. The zero-order valence-corrected chi connectivity index (χ0v) is 24.2. The molecule has 7 nitrogen and oxygen atoms in total. The summed E-state index contributed by atoms with van der Waals surface area (Å²) in [6.07, 6.45) is 3.78. The van der Waals surface area contributed by atoms with Crippen LogP contribution < -0.4 is 0 Å². The number of esters is 1. The molecule has 6 rings (SSSR count). The van der Waals surface area contributed by atoms with Gasteiger partial charge in [-0.15, -0.1) is 21.5 Å². The molecule has 0 aliphatic carbocycles. The van der Waals surface area contributed by atoms with Crippen molar-refractivity contribution in [1.29, 1.82) is 0 Å². The van der Waals surface area contributed by atoms with Crippen LogP contribution in [0.15, 0.2) is 65.7 Å². The average Bonchev–Trinajstić information content (AvgIpc) is 3.36. The molecule has 2 aliphatic heterocycles. The average molecular weight is 554 g/mol. The molecule has 1 fully saturated rings. The van der Waals surface area contributed by atoms with E-state index < -0.39 is 0 Å². The summed E-state index contributed by atoms with van der Waals surface area (Å²) in [6.45, 7) is 8.51. The predicted octanol–water partition coefficient (Wildman–Crippen LogP) is 7.22. The number of nitrogens with zero attached hydrogens (tertiary/aromatic N) is 5. The van der Waals surface area contributed by atoms with E-state index in [-0.39, 0.29) is 24.5 Å². The Morgan fingerprint density at radius 2 is 1.65 bits per heavy atom. The number of thiophene rings is 1. The van der Waals surface area contributed by atoms with Gasteiger partial charge in [-0.1, -0.05) is 60.7 Å². The van der Waals surface area contributed by atoms with E-state index in [1.807, 2.05) is 31.2 Å². The number of benzene rings is 2. The first-order valence-corrected chi connectivity index (χ1v) is 15.1. The first kappa shape index (κ1) is 26.4. The van der Waals surface area contributed by atoms with E-state index in [2.05, 4.69) is 60.0 Å². The van der Waals surface area contributed by atoms with Crippen LogP contribution in [-0.2, 0) is 9.53 Å². The second-order valence-corrected chi connectivity index (χ2v) is 11.7. The highest BCUT2D eigenvalue weighted by molar-refractivity contribution is 7.19. The molecule has 8 heteroatoms. The molecule has 2 aromatic heterocycles. The molecule has 2 aliphatic rings. The van der Waals surface area contributed by atoms with Gasteiger partial charge < -0.3 is 14.5 Å². The van der Waals surface area contributed by atoms with Crippen molar-refractivity contribution in [2.45, 2.75) is 58.5 Å². The first-order valence-electron chi connectivity index (χ1n) is 14.3. The van der Waals surface area contributed by atoms with Crippen LogP contribution in [0.3, 0.4) is 0 Å². The van der Waals surface area contributed by atoms with Crippen LogP contribution in [0, 0.1) is 0 Å². The van der Waals surface area contributed by atoms with Gasteiger partial charge in [0.05, 0.1) is 29.6 Å². The van der Waals surface area contributed by atoms with Crippen molar-refractivity contribution in [3.63, 3.8) is 0 Å². The standard InChI is InChI=1S/C32H35N5O2S/c1-4-39-25(38)20-24-30-29(33-32(37(24)21(2)3)36-18-12-7-13-19-36)27-26(22-14-8-5-9-15-22)28(34-35-31(27)40-30)23-16-10-6-11-17-23/h5-6,8-11,14-17,21,24H,4,7,12-13,18-20H2,1-3H3. The second kappa shape index (κ2) is 11.4. The minimum Gasteiger partial charge on any atom is -0.466 e. The number of likely N-dealkylation sites (tertiary alicyclic amines) is 1. The number of ether oxygens (including phenoxy) is 1. The maximum atomic E-state index is 13.0. The Labute approximate surface area is 239 Å². The number of rotatable bonds is 6. The van der Waals surface area contributed by atoms with Gasteiger partial charge in [0, 0.05) is 35.6 Å². The smallest absolute Gasteiger partial charge is 0.308 e. The fourth-order valence-corrected chi connectivity index (χ4v) is 7.09. The molecule has 1 unspecified atom stereocenters. The highest BCUT2D eigenvalue weighted by Gasteiger charge is 2.39. The summed E-state index contributed by atoms with van der Waals surface area (Å²) in [5.41, 5.74) is 4.87. The molecular weight excluding hydrogens is 518 g/mol. The summed E-state index contributed by atoms with van der Waals surface area (Å²) < 4.78 is 5.47. The number of fused-ring (bicyclic) bond motifs is 3. The largest absolute Gasteiger partial charge is 0.466 e. The molecule has 2 aromatic carbocycles. The molecule has 0 amide bonds. The van der Waals surface area contributed by atoms with E-state index in [1.54, 1.807) is 11.3 Å². The summed E-state index contributed by atoms with van der Waals surface area (Å²) in [6, 6.07) is 20.6. The first-order chi connectivity index (χ1) is 19.6. The Morgan fingerprint density at radius 3 is 2.30 bits per heavy atom. The number of aliphatic imine (C=N–C) groups is 1. The van der Waals surface area contributed by atoms with Crippen molar-refractivity contribution in [3.8, 4) is 22.4 Å². The molecule has 1 saturated heterocycles. The molecule has 0 radical (unpaired) electrons. The van der Waals surface area contributed by atoms with Gasteiger partial charge in [0.15, 0.2) is 0 Å². The third-order valence-electron chi connectivity index (χ3n) is 7.67. The Bertz CT molecular complexity index is 1530. The van der Waals surface area contributed by atoms with Crippen LogP contribution in [-0.4, -0.2) is 57.7 Å². The quantitative estimate of drug-likeness (QED) is 0.235. The number of aromatic nitrogens is 2. The third-order valence-corrected chi connectivity index (χ3v) is 8.83. The molecule has 4 aromatic rings. The van der Waals surface area contributed by atoms with Crippen LogP contribution in [0.2, 0.25) is 0 Å². The topological polar surface area (TPSA) is 70.9 Å². The van der Waals surface area contributed by atoms with Crippen LogP contribution in [0.25, 0.3) is 32.6 Å². The summed E-state index contributed by atoms with van der Waals surface area (Å²) in [5, 5.41) is 10.5. The molecule has 40 heavy (non-hydrogen) atoms. The fourth-order valence-electron chi connectivity index (χ4n) is 5.92. The van der Waals surface area contributed by atoms with E-state index in [1.165, 1.54) is 6.42 Å². The fraction of sp³-hybridized carbons (Fsp3) is 0.375. The number of carbonyl (C=O) groups excluding carboxylic acids is 1. The molecule has 206 valence electrons. The minimum atomic E-state index is -0.194. The van der Waals surface area contributed by atoms with Crippen molar-refractivity contribution in [2.75, 3.05) is 19.7 Å². The number of carbonyl (C=O) groups is 1. The Morgan fingerprint density at radius 1 is 0.975 bits per heavy atom. The van der Waals surface area contributed by atoms with Crippen molar-refractivity contribution in [2.24, 2.45) is 4.99 Å². The Hall–Kier alpha value is -3.78. The van der Waals surface area contributed by atoms with Crippen LogP contribution in [0.1, 0.15) is 57.4 Å². The summed E-state index contributed by atoms with van der Waals surface area (Å²) in [5.74, 6) is 0.758. The maximum absolute atomic E-state index is 13.0. The van der Waals surface area contributed by atoms with E-state index in [4.69, 9.17) is 19.9 Å². The Kier molecular flexibility index (Phi) is 7.52. The van der Waals surface area contributed by atoms with Crippen molar-refractivity contribution in [3.05, 3.63) is 65.5 Å². The lowest BCUT2D eigenvalue weighted by Crippen LogP contribution is -2.52. The van der Waals surface area contributed by atoms with Gasteiger partial charge in [0.25, 0.3) is 0 Å². The van der Waals surface area contributed by atoms with E-state index in [0.717, 1.165) is 75.1 Å². The molecular formula is C32H35N5O2S. The third kappa shape index (κ3) is 4.85. The van der Waals surface area contributed by atoms with Gasteiger partial charge >= 0.3 is 5.97 Å². The maximum Gasteiger partial charge on any atom is 0.308 e. The van der Waals surface area contributed by atoms with Gasteiger partial charge in [-0.3, -0.25) is 4.79 Å². The van der Waals surface area contributed by atoms with E-state index in [0.29, 0.717) is 6.61 Å². The normalized spacial score (nSPS) is 17.2. The molecule has 0 saturated carbocycles. The molecule has 0 spiro atoms. The highest BCUT2D eigenvalue weighted by Crippen LogP contribution is 2.51. The van der Waals surface area contributed by atoms with Gasteiger partial charge in [0.2, 0.25) is 5.96 Å². The number of hydrogen-bond acceptors (Lipinski definition) is 8. The number of guanidine groups is 1. The van der Waals surface area contributed by atoms with E-state index in [9.17, 15) is 4.79 Å². The number of hydrogen-bond donors (Lipinski definition) is 0. The zero-order chi connectivity index (χ0) is 27.6. The Balaban J connectivity index is 1.64. The van der Waals surface area contributed by atoms with E-state index >= 15 is 0 Å². The van der Waals surface area contributed by atoms with Crippen LogP contribution in [0.5, 0.6) is 0 Å². The van der Waals surface area contributed by atoms with Crippen molar-refractivity contribution < 1.29 is 9.53 Å². The van der Waals surface area contributed by atoms with Crippen LogP contribution >= 0.6 is 11.3 Å². The highest BCUT2D eigenvalue weighted by atomic mass is 32.1. The lowest BCUT2D eigenvalue weighted by Gasteiger charge is -2.44. The van der Waals surface area contributed by atoms with Gasteiger partial charge in [-0.25, -0.2) is 4.99 Å². The van der Waals surface area contributed by atoms with Gasteiger partial charge in [0.1, 0.15) is 10.5 Å². The van der Waals surface area contributed by atoms with Gasteiger partial charge in [-0.2, -0.15) is 0 Å². The monoisotopic (exact) mass is 553 g/mol. The zero-order valence-electron chi connectivity index (χ0n) is 23.3. The molecule has 0 bridgehead atoms. The summed E-state index contributed by atoms with van der Waals surface area (Å²) >= 11 is 1.60. The van der Waals surface area contributed by atoms with Gasteiger partial charge in [-0.05, 0) is 45.6 Å². The lowest BCUT2D eigenvalue weighted by molar-refractivity contribution is -0.144.